The molecule has 0 bridgehead atoms. The first-order valence-corrected chi connectivity index (χ1v) is 7.17. The summed E-state index contributed by atoms with van der Waals surface area (Å²) < 4.78 is 0. The average Bonchev–Trinajstić information content (AvgIpc) is 2.48. The maximum absolute atomic E-state index is 5.82. The van der Waals surface area contributed by atoms with Crippen LogP contribution >= 0.6 is 0 Å². The molecule has 0 fully saturated rings. The van der Waals surface area contributed by atoms with Gasteiger partial charge in [0.25, 0.3) is 0 Å². The Labute approximate surface area is 124 Å². The van der Waals surface area contributed by atoms with E-state index in [2.05, 4.69) is 41.5 Å². The van der Waals surface area contributed by atoms with Gasteiger partial charge in [-0.05, 0) is 43.2 Å². The highest BCUT2D eigenvalue weighted by Crippen LogP contribution is 2.24. The van der Waals surface area contributed by atoms with Gasteiger partial charge in [-0.3, -0.25) is 4.98 Å². The Kier molecular flexibility index (Phi) is 3.73. The lowest BCUT2D eigenvalue weighted by Crippen LogP contribution is -2.18. The van der Waals surface area contributed by atoms with Crippen molar-refractivity contribution in [1.29, 1.82) is 0 Å². The van der Waals surface area contributed by atoms with E-state index in [4.69, 9.17) is 5.73 Å². The molecular formula is C18H19N3. The first-order valence-electron chi connectivity index (χ1n) is 7.17. The van der Waals surface area contributed by atoms with Gasteiger partial charge in [0.1, 0.15) is 0 Å². The van der Waals surface area contributed by atoms with E-state index in [1.165, 1.54) is 5.56 Å². The van der Waals surface area contributed by atoms with Crippen molar-refractivity contribution in [2.45, 2.75) is 19.4 Å². The summed E-state index contributed by atoms with van der Waals surface area (Å²) in [5, 5.41) is 4.68. The van der Waals surface area contributed by atoms with E-state index in [9.17, 15) is 0 Å². The van der Waals surface area contributed by atoms with E-state index in [0.717, 1.165) is 28.7 Å². The number of aromatic nitrogens is 1. The van der Waals surface area contributed by atoms with Gasteiger partial charge in [0.15, 0.2) is 0 Å². The number of nitrogen functional groups attached to an aromatic ring is 1. The molecule has 106 valence electrons. The molecule has 2 aromatic carbocycles. The van der Waals surface area contributed by atoms with Crippen LogP contribution in [0.25, 0.3) is 10.9 Å². The number of pyridine rings is 1. The SMILES string of the molecule is CC(Cc1ccccc1)Nc1ccnc2cc(N)ccc12. The fraction of sp³-hybridized carbons (Fsp3) is 0.167. The predicted molar refractivity (Wildman–Crippen MR) is 89.4 cm³/mol. The van der Waals surface area contributed by atoms with Gasteiger partial charge in [-0.25, -0.2) is 0 Å². The van der Waals surface area contributed by atoms with Gasteiger partial charge in [0, 0.05) is 29.0 Å². The summed E-state index contributed by atoms with van der Waals surface area (Å²) in [6.45, 7) is 2.19. The third-order valence-corrected chi connectivity index (χ3v) is 3.55. The van der Waals surface area contributed by atoms with Crippen LogP contribution in [0.15, 0.2) is 60.8 Å². The number of fused-ring (bicyclic) bond motifs is 1. The van der Waals surface area contributed by atoms with E-state index < -0.39 is 0 Å². The Morgan fingerprint density at radius 2 is 1.90 bits per heavy atom. The van der Waals surface area contributed by atoms with Crippen molar-refractivity contribution >= 4 is 22.3 Å². The van der Waals surface area contributed by atoms with Crippen molar-refractivity contribution in [3.05, 3.63) is 66.4 Å². The molecule has 0 amide bonds. The number of anilines is 2. The van der Waals surface area contributed by atoms with Crippen LogP contribution in [0.2, 0.25) is 0 Å². The van der Waals surface area contributed by atoms with E-state index in [1.807, 2.05) is 36.5 Å². The van der Waals surface area contributed by atoms with Crippen LogP contribution in [-0.2, 0) is 6.42 Å². The molecule has 1 heterocycles. The summed E-state index contributed by atoms with van der Waals surface area (Å²) in [6.07, 6.45) is 2.80. The summed E-state index contributed by atoms with van der Waals surface area (Å²) >= 11 is 0. The summed E-state index contributed by atoms with van der Waals surface area (Å²) in [6, 6.07) is 18.7. The van der Waals surface area contributed by atoms with Gasteiger partial charge >= 0.3 is 0 Å². The van der Waals surface area contributed by atoms with Gasteiger partial charge in [0.2, 0.25) is 0 Å². The summed E-state index contributed by atoms with van der Waals surface area (Å²) in [5.41, 5.74) is 9.91. The summed E-state index contributed by atoms with van der Waals surface area (Å²) in [5.74, 6) is 0. The minimum Gasteiger partial charge on any atom is -0.399 e. The standard InChI is InChI=1S/C18H19N3/c1-13(11-14-5-3-2-4-6-14)21-17-9-10-20-18-12-15(19)7-8-16(17)18/h2-10,12-13H,11,19H2,1H3,(H,20,21). The number of rotatable bonds is 4. The number of nitrogens with two attached hydrogens (primary N) is 1. The van der Waals surface area contributed by atoms with Crippen molar-refractivity contribution in [1.82, 2.24) is 4.98 Å². The highest BCUT2D eigenvalue weighted by atomic mass is 14.9. The van der Waals surface area contributed by atoms with Crippen molar-refractivity contribution in [3.8, 4) is 0 Å². The van der Waals surface area contributed by atoms with E-state index in [-0.39, 0.29) is 0 Å². The van der Waals surface area contributed by atoms with Gasteiger partial charge in [-0.15, -0.1) is 0 Å². The molecule has 0 aliphatic rings. The Balaban J connectivity index is 1.81. The number of benzene rings is 2. The van der Waals surface area contributed by atoms with Crippen LogP contribution in [0.4, 0.5) is 11.4 Å². The highest BCUT2D eigenvalue weighted by molar-refractivity contribution is 5.92. The largest absolute Gasteiger partial charge is 0.399 e. The van der Waals surface area contributed by atoms with Gasteiger partial charge in [0.05, 0.1) is 5.52 Å². The number of hydrogen-bond donors (Lipinski definition) is 2. The molecular weight excluding hydrogens is 258 g/mol. The van der Waals surface area contributed by atoms with Crippen LogP contribution in [0.1, 0.15) is 12.5 Å². The van der Waals surface area contributed by atoms with Crippen LogP contribution in [0, 0.1) is 0 Å². The first-order chi connectivity index (χ1) is 10.2. The smallest absolute Gasteiger partial charge is 0.0743 e. The Morgan fingerprint density at radius 3 is 2.71 bits per heavy atom. The third-order valence-electron chi connectivity index (χ3n) is 3.55. The molecule has 1 aromatic heterocycles. The molecule has 3 nitrogen and oxygen atoms in total. The van der Waals surface area contributed by atoms with Crippen LogP contribution in [0.3, 0.4) is 0 Å². The minimum atomic E-state index is 0.343. The molecule has 1 unspecified atom stereocenters. The topological polar surface area (TPSA) is 50.9 Å². The van der Waals surface area contributed by atoms with Crippen LogP contribution < -0.4 is 11.1 Å². The molecule has 0 saturated carbocycles. The molecule has 0 radical (unpaired) electrons. The van der Waals surface area contributed by atoms with Gasteiger partial charge in [-0.1, -0.05) is 30.3 Å². The lowest BCUT2D eigenvalue weighted by Gasteiger charge is -2.17. The highest BCUT2D eigenvalue weighted by Gasteiger charge is 2.07. The zero-order chi connectivity index (χ0) is 14.7. The van der Waals surface area contributed by atoms with Crippen molar-refractivity contribution < 1.29 is 0 Å². The number of nitrogens with zero attached hydrogens (tertiary/aromatic N) is 1. The van der Waals surface area contributed by atoms with Crippen molar-refractivity contribution in [3.63, 3.8) is 0 Å². The zero-order valence-corrected chi connectivity index (χ0v) is 12.1. The molecule has 3 N–H and O–H groups in total. The second-order valence-corrected chi connectivity index (χ2v) is 5.37. The molecule has 0 aliphatic carbocycles. The van der Waals surface area contributed by atoms with Gasteiger partial charge < -0.3 is 11.1 Å². The van der Waals surface area contributed by atoms with Gasteiger partial charge in [-0.2, -0.15) is 0 Å². The molecule has 0 spiro atoms. The molecule has 3 rings (SSSR count). The monoisotopic (exact) mass is 277 g/mol. The van der Waals surface area contributed by atoms with E-state index >= 15 is 0 Å². The van der Waals surface area contributed by atoms with Crippen LogP contribution in [0.5, 0.6) is 0 Å². The number of hydrogen-bond acceptors (Lipinski definition) is 3. The Hall–Kier alpha value is -2.55. The molecule has 3 heteroatoms. The lowest BCUT2D eigenvalue weighted by molar-refractivity contribution is 0.791. The molecule has 1 atom stereocenters. The van der Waals surface area contributed by atoms with Crippen molar-refractivity contribution in [2.75, 3.05) is 11.1 Å². The minimum absolute atomic E-state index is 0.343. The zero-order valence-electron chi connectivity index (χ0n) is 12.1. The Bertz CT molecular complexity index is 738. The Morgan fingerprint density at radius 1 is 1.10 bits per heavy atom. The second kappa shape index (κ2) is 5.83. The summed E-state index contributed by atoms with van der Waals surface area (Å²) in [4.78, 5) is 4.37. The summed E-state index contributed by atoms with van der Waals surface area (Å²) in [7, 11) is 0. The predicted octanol–water partition coefficient (Wildman–Crippen LogP) is 3.86. The molecule has 21 heavy (non-hydrogen) atoms. The number of nitrogens with one attached hydrogen (secondary N) is 1. The quantitative estimate of drug-likeness (QED) is 0.712. The lowest BCUT2D eigenvalue weighted by atomic mass is 10.1. The van der Waals surface area contributed by atoms with E-state index in [1.54, 1.807) is 0 Å². The maximum Gasteiger partial charge on any atom is 0.0743 e. The average molecular weight is 277 g/mol. The van der Waals surface area contributed by atoms with Crippen molar-refractivity contribution in [2.24, 2.45) is 0 Å². The van der Waals surface area contributed by atoms with Crippen LogP contribution in [-0.4, -0.2) is 11.0 Å². The normalized spacial score (nSPS) is 12.2. The second-order valence-electron chi connectivity index (χ2n) is 5.37. The van der Waals surface area contributed by atoms with E-state index in [0.29, 0.717) is 6.04 Å². The third kappa shape index (κ3) is 3.14. The molecule has 3 aromatic rings. The fourth-order valence-electron chi connectivity index (χ4n) is 2.58. The fourth-order valence-corrected chi connectivity index (χ4v) is 2.58. The molecule has 0 aliphatic heterocycles. The maximum atomic E-state index is 5.82. The molecule has 0 saturated heterocycles. The first kappa shape index (κ1) is 13.4.